The van der Waals surface area contributed by atoms with Gasteiger partial charge in [-0.05, 0) is 62.0 Å². The van der Waals surface area contributed by atoms with E-state index in [1.807, 2.05) is 23.5 Å². The maximum absolute atomic E-state index is 5.12. The van der Waals surface area contributed by atoms with E-state index in [-0.39, 0.29) is 0 Å². The van der Waals surface area contributed by atoms with Crippen molar-refractivity contribution < 1.29 is 0 Å². The molecule has 0 aliphatic heterocycles. The van der Waals surface area contributed by atoms with Gasteiger partial charge in [0, 0.05) is 42.2 Å². The molecular weight excluding hydrogens is 663 g/mol. The molecular formula is C49H29N3S. The summed E-state index contributed by atoms with van der Waals surface area (Å²) in [7, 11) is 0. The Morgan fingerprint density at radius 2 is 0.774 bits per heavy atom. The largest absolute Gasteiger partial charge is 0.208 e. The van der Waals surface area contributed by atoms with Crippen LogP contribution in [0.5, 0.6) is 0 Å². The van der Waals surface area contributed by atoms with Gasteiger partial charge >= 0.3 is 0 Å². The molecule has 0 unspecified atom stereocenters. The molecule has 53 heavy (non-hydrogen) atoms. The Morgan fingerprint density at radius 3 is 1.38 bits per heavy atom. The Kier molecular flexibility index (Phi) is 6.73. The summed E-state index contributed by atoms with van der Waals surface area (Å²) in [6.07, 6.45) is 0. The fourth-order valence-electron chi connectivity index (χ4n) is 7.88. The summed E-state index contributed by atoms with van der Waals surface area (Å²) < 4.78 is 2.54. The van der Waals surface area contributed by atoms with Gasteiger partial charge < -0.3 is 0 Å². The van der Waals surface area contributed by atoms with E-state index in [9.17, 15) is 0 Å². The molecule has 0 bridgehead atoms. The Balaban J connectivity index is 1.05. The van der Waals surface area contributed by atoms with E-state index in [4.69, 9.17) is 15.0 Å². The Morgan fingerprint density at radius 1 is 0.302 bits per heavy atom. The van der Waals surface area contributed by atoms with Gasteiger partial charge in [-0.15, -0.1) is 11.3 Å². The average Bonchev–Trinajstić information content (AvgIpc) is 3.78. The molecule has 0 atom stereocenters. The minimum atomic E-state index is 0.650. The molecule has 246 valence electrons. The molecule has 1 aliphatic carbocycles. The first-order chi connectivity index (χ1) is 26.2. The summed E-state index contributed by atoms with van der Waals surface area (Å²) in [5.41, 5.74) is 12.8. The van der Waals surface area contributed by atoms with Gasteiger partial charge in [0.1, 0.15) is 0 Å². The lowest BCUT2D eigenvalue weighted by molar-refractivity contribution is 1.07. The van der Waals surface area contributed by atoms with Crippen LogP contribution in [0.4, 0.5) is 0 Å². The third-order valence-corrected chi connectivity index (χ3v) is 11.7. The first-order valence-corrected chi connectivity index (χ1v) is 18.7. The minimum absolute atomic E-state index is 0.650. The van der Waals surface area contributed by atoms with Crippen LogP contribution in [0, 0.1) is 0 Å². The van der Waals surface area contributed by atoms with Crippen LogP contribution < -0.4 is 0 Å². The number of hydrogen-bond donors (Lipinski definition) is 0. The van der Waals surface area contributed by atoms with E-state index < -0.39 is 0 Å². The molecule has 1 aliphatic rings. The van der Waals surface area contributed by atoms with Crippen molar-refractivity contribution in [1.29, 1.82) is 0 Å². The smallest absolute Gasteiger partial charge is 0.164 e. The molecule has 0 spiro atoms. The Bertz CT molecular complexity index is 2920. The maximum Gasteiger partial charge on any atom is 0.164 e. The topological polar surface area (TPSA) is 38.7 Å². The van der Waals surface area contributed by atoms with Gasteiger partial charge in [0.05, 0.1) is 0 Å². The van der Waals surface area contributed by atoms with Crippen LogP contribution in [0.3, 0.4) is 0 Å². The summed E-state index contributed by atoms with van der Waals surface area (Å²) in [6, 6.07) is 62.5. The second-order valence-electron chi connectivity index (χ2n) is 13.6. The summed E-state index contributed by atoms with van der Waals surface area (Å²) >= 11 is 1.85. The maximum atomic E-state index is 5.12. The van der Waals surface area contributed by atoms with Crippen LogP contribution in [0.15, 0.2) is 176 Å². The van der Waals surface area contributed by atoms with Crippen molar-refractivity contribution in [2.45, 2.75) is 0 Å². The lowest BCUT2D eigenvalue weighted by Gasteiger charge is -2.10. The van der Waals surface area contributed by atoms with Gasteiger partial charge in [-0.2, -0.15) is 0 Å². The molecule has 0 saturated heterocycles. The average molecular weight is 692 g/mol. The van der Waals surface area contributed by atoms with Crippen molar-refractivity contribution in [2.24, 2.45) is 0 Å². The first-order valence-electron chi connectivity index (χ1n) is 17.9. The van der Waals surface area contributed by atoms with Crippen molar-refractivity contribution in [2.75, 3.05) is 0 Å². The molecule has 4 heteroatoms. The van der Waals surface area contributed by atoms with E-state index in [0.29, 0.717) is 17.5 Å². The van der Waals surface area contributed by atoms with Gasteiger partial charge in [0.15, 0.2) is 17.5 Å². The SMILES string of the molecule is c1ccc(-c2ccc(-c3nc(-c4ccc(-c5ccccc5)cc4)nc(-c4ccc5c(c4)sc4c6cccc7c6c(cc54)-c4ccccc4-7)n3)cc2)cc1. The molecule has 0 fully saturated rings. The van der Waals surface area contributed by atoms with Crippen molar-refractivity contribution in [3.63, 3.8) is 0 Å². The van der Waals surface area contributed by atoms with E-state index in [2.05, 4.69) is 164 Å². The third kappa shape index (κ3) is 4.91. The number of benzene rings is 8. The predicted molar refractivity (Wildman–Crippen MR) is 222 cm³/mol. The summed E-state index contributed by atoms with van der Waals surface area (Å²) in [5.74, 6) is 1.96. The van der Waals surface area contributed by atoms with Crippen LogP contribution in [0.2, 0.25) is 0 Å². The third-order valence-electron chi connectivity index (χ3n) is 10.5. The highest BCUT2D eigenvalue weighted by atomic mass is 32.1. The van der Waals surface area contributed by atoms with Crippen LogP contribution in [-0.2, 0) is 0 Å². The van der Waals surface area contributed by atoms with Crippen LogP contribution in [0.25, 0.3) is 110 Å². The van der Waals surface area contributed by atoms with Crippen molar-refractivity contribution in [3.8, 4) is 78.7 Å². The zero-order chi connectivity index (χ0) is 34.9. The fraction of sp³-hybridized carbons (Fsp3) is 0. The molecule has 2 aromatic heterocycles. The molecule has 2 heterocycles. The number of rotatable bonds is 5. The van der Waals surface area contributed by atoms with Gasteiger partial charge in [-0.1, -0.05) is 164 Å². The second kappa shape index (κ2) is 11.9. The molecule has 3 nitrogen and oxygen atoms in total. The van der Waals surface area contributed by atoms with E-state index in [1.54, 1.807) is 0 Å². The van der Waals surface area contributed by atoms with Crippen molar-refractivity contribution in [3.05, 3.63) is 176 Å². The summed E-state index contributed by atoms with van der Waals surface area (Å²) in [5, 5.41) is 5.22. The fourth-order valence-corrected chi connectivity index (χ4v) is 9.14. The molecule has 0 N–H and O–H groups in total. The second-order valence-corrected chi connectivity index (χ2v) is 14.6. The van der Waals surface area contributed by atoms with E-state index in [0.717, 1.165) is 27.8 Å². The highest BCUT2D eigenvalue weighted by molar-refractivity contribution is 7.26. The zero-order valence-corrected chi connectivity index (χ0v) is 29.3. The molecule has 11 rings (SSSR count). The van der Waals surface area contributed by atoms with Crippen LogP contribution in [0.1, 0.15) is 0 Å². The first kappa shape index (κ1) is 29.9. The van der Waals surface area contributed by atoms with Gasteiger partial charge in [-0.3, -0.25) is 0 Å². The van der Waals surface area contributed by atoms with Gasteiger partial charge in [0.25, 0.3) is 0 Å². The predicted octanol–water partition coefficient (Wildman–Crippen LogP) is 13.4. The number of aromatic nitrogens is 3. The van der Waals surface area contributed by atoms with Crippen LogP contribution in [-0.4, -0.2) is 15.0 Å². The quantitative estimate of drug-likeness (QED) is 0.180. The van der Waals surface area contributed by atoms with E-state index in [1.165, 1.54) is 64.3 Å². The summed E-state index contributed by atoms with van der Waals surface area (Å²) in [6.45, 7) is 0. The van der Waals surface area contributed by atoms with Crippen molar-refractivity contribution >= 4 is 42.3 Å². The van der Waals surface area contributed by atoms with Crippen molar-refractivity contribution in [1.82, 2.24) is 15.0 Å². The Labute approximate surface area is 310 Å². The lowest BCUT2D eigenvalue weighted by atomic mass is 9.99. The minimum Gasteiger partial charge on any atom is -0.208 e. The van der Waals surface area contributed by atoms with Gasteiger partial charge in [-0.25, -0.2) is 15.0 Å². The molecule has 8 aromatic carbocycles. The monoisotopic (exact) mass is 691 g/mol. The number of thiophene rings is 1. The highest BCUT2D eigenvalue weighted by Crippen LogP contribution is 2.51. The molecule has 0 amide bonds. The van der Waals surface area contributed by atoms with E-state index >= 15 is 0 Å². The summed E-state index contributed by atoms with van der Waals surface area (Å²) in [4.78, 5) is 15.3. The number of fused-ring (bicyclic) bond motifs is 7. The Hall–Kier alpha value is -6.75. The molecule has 0 saturated carbocycles. The highest BCUT2D eigenvalue weighted by Gasteiger charge is 2.24. The van der Waals surface area contributed by atoms with Gasteiger partial charge in [0.2, 0.25) is 0 Å². The standard InChI is InChI=1S/C49H29N3S/c1-3-10-30(11-4-1)32-18-22-34(23-19-32)47-50-48(35-24-20-33(21-25-35)31-12-5-2-6-13-31)52-49(51-47)36-26-27-39-43-29-42-38-15-8-7-14-37(38)40-16-9-17-41(45(40)42)46(43)53-44(39)28-36/h1-29H. The number of nitrogens with zero attached hydrogens (tertiary/aromatic N) is 3. The molecule has 0 radical (unpaired) electrons. The lowest BCUT2D eigenvalue weighted by Crippen LogP contribution is -2.00. The molecule has 10 aromatic rings. The normalized spacial score (nSPS) is 11.8. The zero-order valence-electron chi connectivity index (χ0n) is 28.5. The number of hydrogen-bond acceptors (Lipinski definition) is 4. The van der Waals surface area contributed by atoms with Crippen LogP contribution >= 0.6 is 11.3 Å².